The molecule has 3 N–H and O–H groups in total. The summed E-state index contributed by atoms with van der Waals surface area (Å²) in [6, 6.07) is 4.91. The molecule has 0 saturated carbocycles. The maximum Gasteiger partial charge on any atom is 0.141 e. The molecule has 1 aromatic heterocycles. The van der Waals surface area contributed by atoms with Crippen molar-refractivity contribution in [2.24, 2.45) is 5.84 Å². The van der Waals surface area contributed by atoms with Crippen LogP contribution in [0.3, 0.4) is 0 Å². The first-order valence-corrected chi connectivity index (χ1v) is 5.13. The van der Waals surface area contributed by atoms with Crippen LogP contribution in [-0.4, -0.2) is 4.98 Å². The van der Waals surface area contributed by atoms with Gasteiger partial charge in [-0.25, -0.2) is 18.6 Å². The van der Waals surface area contributed by atoms with Gasteiger partial charge in [0.25, 0.3) is 0 Å². The molecular formula is C12H10F3N3. The maximum atomic E-state index is 13.1. The highest BCUT2D eigenvalue weighted by atomic mass is 19.1. The van der Waals surface area contributed by atoms with Gasteiger partial charge in [0.05, 0.1) is 17.9 Å². The molecule has 1 atom stereocenters. The molecule has 0 spiro atoms. The number of hydrogen-bond acceptors (Lipinski definition) is 3. The van der Waals surface area contributed by atoms with Crippen molar-refractivity contribution in [2.45, 2.75) is 6.04 Å². The van der Waals surface area contributed by atoms with Gasteiger partial charge in [-0.2, -0.15) is 0 Å². The third-order valence-electron chi connectivity index (χ3n) is 2.43. The Labute approximate surface area is 101 Å². The van der Waals surface area contributed by atoms with E-state index in [2.05, 4.69) is 10.4 Å². The molecule has 2 rings (SSSR count). The molecule has 1 unspecified atom stereocenters. The summed E-state index contributed by atoms with van der Waals surface area (Å²) in [5.41, 5.74) is 3.03. The monoisotopic (exact) mass is 253 g/mol. The van der Waals surface area contributed by atoms with E-state index < -0.39 is 23.5 Å². The van der Waals surface area contributed by atoms with E-state index in [1.54, 1.807) is 0 Å². The Morgan fingerprint density at radius 1 is 1.00 bits per heavy atom. The van der Waals surface area contributed by atoms with E-state index in [1.165, 1.54) is 12.1 Å². The fourth-order valence-corrected chi connectivity index (χ4v) is 1.65. The number of pyridine rings is 1. The second kappa shape index (κ2) is 5.16. The molecule has 0 saturated heterocycles. The number of nitrogens with two attached hydrogens (primary N) is 1. The summed E-state index contributed by atoms with van der Waals surface area (Å²) < 4.78 is 39.0. The molecule has 0 radical (unpaired) electrons. The summed E-state index contributed by atoms with van der Waals surface area (Å²) in [7, 11) is 0. The Bertz CT molecular complexity index is 523. The molecule has 0 aliphatic rings. The summed E-state index contributed by atoms with van der Waals surface area (Å²) in [4.78, 5) is 3.82. The van der Waals surface area contributed by atoms with Gasteiger partial charge in [0, 0.05) is 6.07 Å². The van der Waals surface area contributed by atoms with Gasteiger partial charge in [-0.05, 0) is 29.8 Å². The number of nitrogens with zero attached hydrogens (tertiary/aromatic N) is 1. The number of rotatable bonds is 3. The third-order valence-corrected chi connectivity index (χ3v) is 2.43. The van der Waals surface area contributed by atoms with Gasteiger partial charge in [-0.1, -0.05) is 0 Å². The number of hydrogen-bond donors (Lipinski definition) is 2. The van der Waals surface area contributed by atoms with Crippen LogP contribution < -0.4 is 11.3 Å². The van der Waals surface area contributed by atoms with Gasteiger partial charge >= 0.3 is 0 Å². The first-order chi connectivity index (χ1) is 8.60. The summed E-state index contributed by atoms with van der Waals surface area (Å²) >= 11 is 0. The fraction of sp³-hybridized carbons (Fsp3) is 0.0833. The van der Waals surface area contributed by atoms with E-state index in [-0.39, 0.29) is 5.56 Å². The average Bonchev–Trinajstić information content (AvgIpc) is 2.31. The first kappa shape index (κ1) is 12.5. The summed E-state index contributed by atoms with van der Waals surface area (Å²) in [6.07, 6.45) is 1.01. The fourth-order valence-electron chi connectivity index (χ4n) is 1.65. The summed E-state index contributed by atoms with van der Waals surface area (Å²) in [6.45, 7) is 0. The molecule has 94 valence electrons. The Morgan fingerprint density at radius 2 is 1.67 bits per heavy atom. The third kappa shape index (κ3) is 2.66. The van der Waals surface area contributed by atoms with E-state index in [0.29, 0.717) is 5.69 Å². The van der Waals surface area contributed by atoms with Gasteiger partial charge in [-0.15, -0.1) is 0 Å². The van der Waals surface area contributed by atoms with Gasteiger partial charge in [-0.3, -0.25) is 10.8 Å². The lowest BCUT2D eigenvalue weighted by Gasteiger charge is -2.15. The quantitative estimate of drug-likeness (QED) is 0.650. The highest BCUT2D eigenvalue weighted by Gasteiger charge is 2.15. The topological polar surface area (TPSA) is 50.9 Å². The number of aromatic nitrogens is 1. The first-order valence-electron chi connectivity index (χ1n) is 5.13. The summed E-state index contributed by atoms with van der Waals surface area (Å²) in [5, 5.41) is 0. The molecule has 0 fully saturated rings. The van der Waals surface area contributed by atoms with E-state index >= 15 is 0 Å². The Kier molecular flexibility index (Phi) is 3.59. The van der Waals surface area contributed by atoms with Crippen LogP contribution in [0.2, 0.25) is 0 Å². The Balaban J connectivity index is 2.41. The highest BCUT2D eigenvalue weighted by molar-refractivity contribution is 5.28. The second-order valence-electron chi connectivity index (χ2n) is 3.70. The van der Waals surface area contributed by atoms with Crippen molar-refractivity contribution in [3.05, 3.63) is 65.2 Å². The van der Waals surface area contributed by atoms with Crippen molar-refractivity contribution in [2.75, 3.05) is 0 Å². The van der Waals surface area contributed by atoms with Crippen LogP contribution in [0.4, 0.5) is 13.2 Å². The Hall–Kier alpha value is -1.92. The van der Waals surface area contributed by atoms with Crippen molar-refractivity contribution in [3.63, 3.8) is 0 Å². The largest absolute Gasteiger partial charge is 0.271 e. The van der Waals surface area contributed by atoms with Crippen LogP contribution >= 0.6 is 0 Å². The van der Waals surface area contributed by atoms with Crippen LogP contribution in [0.25, 0.3) is 0 Å². The molecule has 1 aromatic carbocycles. The minimum Gasteiger partial charge on any atom is -0.271 e. The maximum absolute atomic E-state index is 13.1. The van der Waals surface area contributed by atoms with Crippen LogP contribution in [0, 0.1) is 17.5 Å². The molecule has 1 heterocycles. The van der Waals surface area contributed by atoms with Crippen LogP contribution in [-0.2, 0) is 0 Å². The zero-order chi connectivity index (χ0) is 13.1. The summed E-state index contributed by atoms with van der Waals surface area (Å²) in [5.74, 6) is 3.42. The molecule has 0 bridgehead atoms. The molecule has 0 aliphatic carbocycles. The number of benzene rings is 1. The number of hydrazine groups is 1. The predicted molar refractivity (Wildman–Crippen MR) is 59.7 cm³/mol. The van der Waals surface area contributed by atoms with Crippen molar-refractivity contribution in [1.82, 2.24) is 10.4 Å². The lowest BCUT2D eigenvalue weighted by atomic mass is 10.0. The number of halogens is 3. The standard InChI is InChI=1S/C12H10F3N3/c13-8-1-2-11(17-6-8)12(18-16)7-3-9(14)5-10(15)4-7/h1-6,12,18H,16H2. The molecule has 3 nitrogen and oxygen atoms in total. The van der Waals surface area contributed by atoms with E-state index in [4.69, 9.17) is 5.84 Å². The zero-order valence-electron chi connectivity index (χ0n) is 9.20. The SMILES string of the molecule is NNC(c1cc(F)cc(F)c1)c1ccc(F)cn1. The van der Waals surface area contributed by atoms with Crippen molar-refractivity contribution in [3.8, 4) is 0 Å². The predicted octanol–water partition coefficient (Wildman–Crippen LogP) is 2.05. The van der Waals surface area contributed by atoms with Crippen LogP contribution in [0.5, 0.6) is 0 Å². The van der Waals surface area contributed by atoms with E-state index in [0.717, 1.165) is 24.4 Å². The molecule has 2 aromatic rings. The molecule has 18 heavy (non-hydrogen) atoms. The molecule has 0 aliphatic heterocycles. The minimum absolute atomic E-state index is 0.272. The van der Waals surface area contributed by atoms with E-state index in [9.17, 15) is 13.2 Å². The zero-order valence-corrected chi connectivity index (χ0v) is 9.20. The number of nitrogens with one attached hydrogen (secondary N) is 1. The van der Waals surface area contributed by atoms with Gasteiger partial charge < -0.3 is 0 Å². The Morgan fingerprint density at radius 3 is 2.17 bits per heavy atom. The van der Waals surface area contributed by atoms with E-state index in [1.807, 2.05) is 0 Å². The van der Waals surface area contributed by atoms with Gasteiger partial charge in [0.15, 0.2) is 0 Å². The van der Waals surface area contributed by atoms with Crippen LogP contribution in [0.15, 0.2) is 36.5 Å². The second-order valence-corrected chi connectivity index (χ2v) is 3.70. The van der Waals surface area contributed by atoms with Gasteiger partial charge in [0.2, 0.25) is 0 Å². The minimum atomic E-state index is -0.715. The average molecular weight is 253 g/mol. The van der Waals surface area contributed by atoms with Crippen molar-refractivity contribution in [1.29, 1.82) is 0 Å². The van der Waals surface area contributed by atoms with Crippen molar-refractivity contribution >= 4 is 0 Å². The van der Waals surface area contributed by atoms with Crippen LogP contribution in [0.1, 0.15) is 17.3 Å². The molecular weight excluding hydrogens is 243 g/mol. The normalized spacial score (nSPS) is 12.4. The van der Waals surface area contributed by atoms with Crippen molar-refractivity contribution < 1.29 is 13.2 Å². The molecule has 0 amide bonds. The molecule has 6 heteroatoms. The smallest absolute Gasteiger partial charge is 0.141 e. The lowest BCUT2D eigenvalue weighted by Crippen LogP contribution is -2.29. The highest BCUT2D eigenvalue weighted by Crippen LogP contribution is 2.21. The lowest BCUT2D eigenvalue weighted by molar-refractivity contribution is 0.560. The van der Waals surface area contributed by atoms with Gasteiger partial charge in [0.1, 0.15) is 17.5 Å².